The summed E-state index contributed by atoms with van der Waals surface area (Å²) in [5.74, 6) is -2.20. The molecule has 0 saturated heterocycles. The number of carboxylic acid groups (broad SMARTS) is 2. The standard InChI is InChI=1S/C17H20ClNO.C4H6O4/c1-19(2)12-16(20)17(13-6-4-3-5-7-13)14-8-10-15(18)11-9-14;5-3(6)1-2-4(7)8/h3-11,16-17,20H,12H2,1-2H3;1-2H2,(H,5,6)(H,7,8)/t16-,17+;/m0./s1. The number of aliphatic hydroxyl groups excluding tert-OH is 1. The van der Waals surface area contributed by atoms with Crippen LogP contribution in [0.25, 0.3) is 0 Å². The highest BCUT2D eigenvalue weighted by molar-refractivity contribution is 6.30. The number of nitrogens with zero attached hydrogens (tertiary/aromatic N) is 1. The summed E-state index contributed by atoms with van der Waals surface area (Å²) in [5.41, 5.74) is 2.19. The zero-order valence-electron chi connectivity index (χ0n) is 16.0. The van der Waals surface area contributed by atoms with Gasteiger partial charge in [0.2, 0.25) is 0 Å². The number of hydrogen-bond acceptors (Lipinski definition) is 4. The first-order chi connectivity index (χ1) is 13.2. The summed E-state index contributed by atoms with van der Waals surface area (Å²) in [6, 6.07) is 17.8. The second kappa shape index (κ2) is 12.1. The van der Waals surface area contributed by atoms with Gasteiger partial charge in [0.15, 0.2) is 0 Å². The predicted octanol–water partition coefficient (Wildman–Crippen LogP) is 3.33. The molecular weight excluding hydrogens is 382 g/mol. The molecule has 0 fully saturated rings. The van der Waals surface area contributed by atoms with Gasteiger partial charge in [-0.15, -0.1) is 0 Å². The Morgan fingerprint density at radius 1 is 0.893 bits per heavy atom. The van der Waals surface area contributed by atoms with E-state index in [0.29, 0.717) is 11.6 Å². The quantitative estimate of drug-likeness (QED) is 0.620. The number of benzene rings is 2. The smallest absolute Gasteiger partial charge is 0.303 e. The predicted molar refractivity (Wildman–Crippen MR) is 109 cm³/mol. The Balaban J connectivity index is 0.000000416. The number of carbonyl (C=O) groups is 2. The van der Waals surface area contributed by atoms with E-state index in [-0.39, 0.29) is 18.8 Å². The maximum absolute atomic E-state index is 10.6. The zero-order chi connectivity index (χ0) is 21.1. The van der Waals surface area contributed by atoms with E-state index in [2.05, 4.69) is 12.1 Å². The Hall–Kier alpha value is -2.41. The second-order valence-electron chi connectivity index (χ2n) is 6.56. The highest BCUT2D eigenvalue weighted by atomic mass is 35.5. The van der Waals surface area contributed by atoms with Crippen molar-refractivity contribution in [3.8, 4) is 0 Å². The van der Waals surface area contributed by atoms with E-state index >= 15 is 0 Å². The average Bonchev–Trinajstić information content (AvgIpc) is 2.63. The lowest BCUT2D eigenvalue weighted by atomic mass is 9.86. The highest BCUT2D eigenvalue weighted by Gasteiger charge is 2.23. The van der Waals surface area contributed by atoms with Gasteiger partial charge in [-0.25, -0.2) is 0 Å². The Bertz CT molecular complexity index is 720. The van der Waals surface area contributed by atoms with Crippen molar-refractivity contribution >= 4 is 23.5 Å². The largest absolute Gasteiger partial charge is 0.481 e. The van der Waals surface area contributed by atoms with Crippen molar-refractivity contribution in [2.45, 2.75) is 24.9 Å². The van der Waals surface area contributed by atoms with Crippen LogP contribution in [0.15, 0.2) is 54.6 Å². The molecule has 7 heteroatoms. The maximum Gasteiger partial charge on any atom is 0.303 e. The van der Waals surface area contributed by atoms with E-state index in [1.165, 1.54) is 0 Å². The molecule has 0 amide bonds. The van der Waals surface area contributed by atoms with Gasteiger partial charge in [-0.05, 0) is 37.4 Å². The molecule has 0 heterocycles. The van der Waals surface area contributed by atoms with E-state index in [4.69, 9.17) is 21.8 Å². The SMILES string of the molecule is CN(C)C[C@H](O)[C@H](c1ccccc1)c1ccc(Cl)cc1.O=C(O)CCC(=O)O. The third-order valence-electron chi connectivity index (χ3n) is 3.88. The fourth-order valence-electron chi connectivity index (χ4n) is 2.66. The van der Waals surface area contributed by atoms with Crippen LogP contribution in [0.3, 0.4) is 0 Å². The number of hydrogen-bond donors (Lipinski definition) is 3. The summed E-state index contributed by atoms with van der Waals surface area (Å²) in [4.78, 5) is 21.3. The van der Waals surface area contributed by atoms with Gasteiger partial charge in [-0.1, -0.05) is 54.1 Å². The van der Waals surface area contributed by atoms with E-state index < -0.39 is 18.0 Å². The van der Waals surface area contributed by atoms with Crippen molar-refractivity contribution < 1.29 is 24.9 Å². The number of aliphatic hydroxyl groups is 1. The number of rotatable bonds is 8. The van der Waals surface area contributed by atoms with Crippen LogP contribution in [0.1, 0.15) is 29.9 Å². The molecule has 2 atom stereocenters. The number of carboxylic acids is 2. The van der Waals surface area contributed by atoms with Crippen molar-refractivity contribution in [2.75, 3.05) is 20.6 Å². The van der Waals surface area contributed by atoms with E-state index in [0.717, 1.165) is 11.1 Å². The third-order valence-corrected chi connectivity index (χ3v) is 4.13. The molecular formula is C21H26ClNO5. The number of halogens is 1. The molecule has 6 nitrogen and oxygen atoms in total. The summed E-state index contributed by atoms with van der Waals surface area (Å²) >= 11 is 5.96. The Morgan fingerprint density at radius 2 is 1.36 bits per heavy atom. The average molecular weight is 408 g/mol. The van der Waals surface area contributed by atoms with Crippen LogP contribution in [0.2, 0.25) is 5.02 Å². The van der Waals surface area contributed by atoms with Crippen LogP contribution in [-0.4, -0.2) is 58.9 Å². The fraction of sp³-hybridized carbons (Fsp3) is 0.333. The van der Waals surface area contributed by atoms with Crippen LogP contribution in [0.5, 0.6) is 0 Å². The summed E-state index contributed by atoms with van der Waals surface area (Å²) < 4.78 is 0. The van der Waals surface area contributed by atoms with Crippen LogP contribution >= 0.6 is 11.6 Å². The molecule has 0 saturated carbocycles. The Morgan fingerprint density at radius 3 is 1.79 bits per heavy atom. The van der Waals surface area contributed by atoms with Gasteiger partial charge >= 0.3 is 11.9 Å². The first-order valence-electron chi connectivity index (χ1n) is 8.77. The van der Waals surface area contributed by atoms with Crippen LogP contribution < -0.4 is 0 Å². The Labute approximate surface area is 170 Å². The van der Waals surface area contributed by atoms with Gasteiger partial charge in [-0.2, -0.15) is 0 Å². The summed E-state index contributed by atoms with van der Waals surface area (Å²) in [6.45, 7) is 0.613. The van der Waals surface area contributed by atoms with Crippen molar-refractivity contribution in [1.82, 2.24) is 4.90 Å². The molecule has 152 valence electrons. The molecule has 0 aliphatic rings. The van der Waals surface area contributed by atoms with Crippen molar-refractivity contribution in [2.24, 2.45) is 0 Å². The molecule has 0 bridgehead atoms. The number of likely N-dealkylation sites (N-methyl/N-ethyl adjacent to an activating group) is 1. The fourth-order valence-corrected chi connectivity index (χ4v) is 2.79. The van der Waals surface area contributed by atoms with Gasteiger partial charge in [0.25, 0.3) is 0 Å². The topological polar surface area (TPSA) is 98.1 Å². The zero-order valence-corrected chi connectivity index (χ0v) is 16.7. The molecule has 0 radical (unpaired) electrons. The van der Waals surface area contributed by atoms with Gasteiger partial charge in [-0.3, -0.25) is 9.59 Å². The minimum Gasteiger partial charge on any atom is -0.481 e. The molecule has 2 aromatic rings. The van der Waals surface area contributed by atoms with Crippen LogP contribution in [0, 0.1) is 0 Å². The van der Waals surface area contributed by atoms with Crippen LogP contribution in [-0.2, 0) is 9.59 Å². The Kier molecular flexibility index (Phi) is 10.2. The summed E-state index contributed by atoms with van der Waals surface area (Å²) in [5, 5.41) is 27.1. The van der Waals surface area contributed by atoms with Crippen molar-refractivity contribution in [1.29, 1.82) is 0 Å². The number of aliphatic carboxylic acids is 2. The van der Waals surface area contributed by atoms with E-state index in [1.54, 1.807) is 0 Å². The molecule has 3 N–H and O–H groups in total. The van der Waals surface area contributed by atoms with Crippen molar-refractivity contribution in [3.63, 3.8) is 0 Å². The second-order valence-corrected chi connectivity index (χ2v) is 6.99. The minimum atomic E-state index is -1.08. The molecule has 28 heavy (non-hydrogen) atoms. The molecule has 0 unspecified atom stereocenters. The van der Waals surface area contributed by atoms with Crippen molar-refractivity contribution in [3.05, 3.63) is 70.7 Å². The lowest BCUT2D eigenvalue weighted by molar-refractivity contribution is -0.143. The molecule has 0 aliphatic heterocycles. The summed E-state index contributed by atoms with van der Waals surface area (Å²) in [6.07, 6.45) is -1.06. The molecule has 2 aromatic carbocycles. The monoisotopic (exact) mass is 407 g/mol. The molecule has 0 aromatic heterocycles. The van der Waals surface area contributed by atoms with E-state index in [1.807, 2.05) is 61.5 Å². The lowest BCUT2D eigenvalue weighted by Crippen LogP contribution is -2.31. The first-order valence-corrected chi connectivity index (χ1v) is 9.15. The maximum atomic E-state index is 10.6. The third kappa shape index (κ3) is 8.99. The van der Waals surface area contributed by atoms with Gasteiger partial charge in [0.1, 0.15) is 0 Å². The van der Waals surface area contributed by atoms with Gasteiger partial charge in [0.05, 0.1) is 18.9 Å². The normalized spacial score (nSPS) is 12.6. The highest BCUT2D eigenvalue weighted by Crippen LogP contribution is 2.29. The van der Waals surface area contributed by atoms with Gasteiger partial charge < -0.3 is 20.2 Å². The van der Waals surface area contributed by atoms with Crippen LogP contribution in [0.4, 0.5) is 0 Å². The molecule has 0 spiro atoms. The lowest BCUT2D eigenvalue weighted by Gasteiger charge is -2.26. The summed E-state index contributed by atoms with van der Waals surface area (Å²) in [7, 11) is 3.93. The van der Waals surface area contributed by atoms with Gasteiger partial charge in [0, 0.05) is 17.5 Å². The van der Waals surface area contributed by atoms with E-state index in [9.17, 15) is 14.7 Å². The molecule has 0 aliphatic carbocycles. The molecule has 2 rings (SSSR count). The first kappa shape index (κ1) is 23.6. The minimum absolute atomic E-state index is 0.0455.